The largest absolute Gasteiger partial charge is 0.454 e. The lowest BCUT2D eigenvalue weighted by atomic mass is 10.1. The minimum absolute atomic E-state index is 0. The van der Waals surface area contributed by atoms with Crippen LogP contribution in [0.25, 0.3) is 6.08 Å². The molecule has 16 heavy (non-hydrogen) atoms. The Bertz CT molecular complexity index is 493. The van der Waals surface area contributed by atoms with Gasteiger partial charge < -0.3 is 14.9 Å². The van der Waals surface area contributed by atoms with Gasteiger partial charge in [-0.2, -0.15) is 10.5 Å². The highest BCUT2D eigenvalue weighted by molar-refractivity contribution is 5.64. The number of hydrogen-bond acceptors (Lipinski definition) is 4. The summed E-state index contributed by atoms with van der Waals surface area (Å²) in [5.74, 6) is 1.32. The molecule has 5 heteroatoms. The van der Waals surface area contributed by atoms with Crippen LogP contribution in [0.4, 0.5) is 0 Å². The predicted octanol–water partition coefficient (Wildman–Crippen LogP) is 1.02. The number of ether oxygens (including phenoxy) is 2. The van der Waals surface area contributed by atoms with Gasteiger partial charge in [-0.05, 0) is 23.8 Å². The van der Waals surface area contributed by atoms with Gasteiger partial charge >= 0.3 is 0 Å². The third-order valence-electron chi connectivity index (χ3n) is 1.95. The number of nitrogens with zero attached hydrogens (tertiary/aromatic N) is 2. The summed E-state index contributed by atoms with van der Waals surface area (Å²) in [6.07, 6.45) is 1.50. The molecule has 80 valence electrons. The Morgan fingerprint density at radius 1 is 1.19 bits per heavy atom. The maximum atomic E-state index is 8.58. The van der Waals surface area contributed by atoms with Gasteiger partial charge in [-0.1, -0.05) is 6.07 Å². The van der Waals surface area contributed by atoms with E-state index >= 15 is 0 Å². The molecule has 0 spiro atoms. The van der Waals surface area contributed by atoms with Crippen LogP contribution in [0.2, 0.25) is 0 Å². The Labute approximate surface area is 92.1 Å². The topological polar surface area (TPSA) is 97.5 Å². The summed E-state index contributed by atoms with van der Waals surface area (Å²) in [5, 5.41) is 17.2. The predicted molar refractivity (Wildman–Crippen MR) is 55.4 cm³/mol. The van der Waals surface area contributed by atoms with Crippen LogP contribution in [-0.4, -0.2) is 12.3 Å². The molecular weight excluding hydrogens is 208 g/mol. The van der Waals surface area contributed by atoms with Crippen molar-refractivity contribution >= 4 is 6.08 Å². The molecular formula is C11H8N2O3. The molecule has 0 amide bonds. The third kappa shape index (κ3) is 2.11. The Balaban J connectivity index is 0.00000128. The number of rotatable bonds is 1. The molecule has 2 rings (SSSR count). The van der Waals surface area contributed by atoms with Gasteiger partial charge in [0, 0.05) is 0 Å². The van der Waals surface area contributed by atoms with E-state index in [1.807, 2.05) is 0 Å². The molecule has 1 heterocycles. The Kier molecular flexibility index (Phi) is 3.49. The fraction of sp³-hybridized carbons (Fsp3) is 0.0909. The standard InChI is InChI=1S/C11H6N2O2.H2O/c12-5-9(6-13)3-8-1-2-10-11(4-8)15-7-14-10;/h1-4H,7H2;1H2. The zero-order chi connectivity index (χ0) is 10.7. The van der Waals surface area contributed by atoms with Gasteiger partial charge in [-0.25, -0.2) is 0 Å². The van der Waals surface area contributed by atoms with Crippen LogP contribution < -0.4 is 9.47 Å². The maximum Gasteiger partial charge on any atom is 0.231 e. The second kappa shape index (κ2) is 4.83. The lowest BCUT2D eigenvalue weighted by molar-refractivity contribution is 0.174. The number of allylic oxidation sites excluding steroid dienone is 1. The van der Waals surface area contributed by atoms with Crippen molar-refractivity contribution in [3.63, 3.8) is 0 Å². The number of fused-ring (bicyclic) bond motifs is 1. The normalized spacial score (nSPS) is 10.6. The van der Waals surface area contributed by atoms with Gasteiger partial charge in [-0.15, -0.1) is 0 Å². The quantitative estimate of drug-likeness (QED) is 0.654. The summed E-state index contributed by atoms with van der Waals surface area (Å²) < 4.78 is 10.3. The number of nitriles is 2. The molecule has 0 aliphatic carbocycles. The first-order valence-corrected chi connectivity index (χ1v) is 4.25. The summed E-state index contributed by atoms with van der Waals surface area (Å²) in [5.41, 5.74) is 0.811. The average Bonchev–Trinajstić information content (AvgIpc) is 2.73. The zero-order valence-electron chi connectivity index (χ0n) is 8.23. The highest BCUT2D eigenvalue weighted by Gasteiger charge is 2.12. The Hall–Kier alpha value is -2.50. The number of benzene rings is 1. The molecule has 0 atom stereocenters. The molecule has 0 aromatic heterocycles. The lowest BCUT2D eigenvalue weighted by Crippen LogP contribution is -1.92. The van der Waals surface area contributed by atoms with Crippen molar-refractivity contribution < 1.29 is 14.9 Å². The molecule has 0 fully saturated rings. The highest BCUT2D eigenvalue weighted by Crippen LogP contribution is 2.32. The Morgan fingerprint density at radius 3 is 2.56 bits per heavy atom. The van der Waals surface area contributed by atoms with Crippen molar-refractivity contribution in [3.05, 3.63) is 29.3 Å². The van der Waals surface area contributed by atoms with E-state index in [2.05, 4.69) is 0 Å². The molecule has 0 saturated heterocycles. The van der Waals surface area contributed by atoms with Gasteiger partial charge in [-0.3, -0.25) is 0 Å². The molecule has 5 nitrogen and oxygen atoms in total. The first-order valence-electron chi connectivity index (χ1n) is 4.25. The summed E-state index contributed by atoms with van der Waals surface area (Å²) in [6.45, 7) is 0.214. The van der Waals surface area contributed by atoms with Gasteiger partial charge in [0.15, 0.2) is 11.5 Å². The summed E-state index contributed by atoms with van der Waals surface area (Å²) in [6, 6.07) is 8.84. The molecule has 0 unspecified atom stereocenters. The lowest BCUT2D eigenvalue weighted by Gasteiger charge is -1.96. The third-order valence-corrected chi connectivity index (χ3v) is 1.95. The fourth-order valence-corrected chi connectivity index (χ4v) is 1.26. The van der Waals surface area contributed by atoms with Crippen molar-refractivity contribution in [3.8, 4) is 23.6 Å². The molecule has 1 aliphatic heterocycles. The van der Waals surface area contributed by atoms with Crippen LogP contribution in [0, 0.1) is 22.7 Å². The van der Waals surface area contributed by atoms with Crippen molar-refractivity contribution in [2.75, 3.05) is 6.79 Å². The smallest absolute Gasteiger partial charge is 0.231 e. The van der Waals surface area contributed by atoms with E-state index in [4.69, 9.17) is 20.0 Å². The van der Waals surface area contributed by atoms with Crippen LogP contribution in [0.1, 0.15) is 5.56 Å². The molecule has 2 N–H and O–H groups in total. The number of hydrogen-bond donors (Lipinski definition) is 0. The van der Waals surface area contributed by atoms with E-state index in [1.165, 1.54) is 6.08 Å². The molecule has 1 aromatic carbocycles. The molecule has 1 aliphatic rings. The highest BCUT2D eigenvalue weighted by atomic mass is 16.7. The van der Waals surface area contributed by atoms with Crippen molar-refractivity contribution in [1.82, 2.24) is 0 Å². The monoisotopic (exact) mass is 216 g/mol. The summed E-state index contributed by atoms with van der Waals surface area (Å²) in [7, 11) is 0. The second-order valence-electron chi connectivity index (χ2n) is 2.89. The van der Waals surface area contributed by atoms with Crippen LogP contribution in [0.15, 0.2) is 23.8 Å². The molecule has 0 saturated carbocycles. The molecule has 0 bridgehead atoms. The van der Waals surface area contributed by atoms with E-state index in [0.717, 1.165) is 5.56 Å². The van der Waals surface area contributed by atoms with Gasteiger partial charge in [0.25, 0.3) is 0 Å². The van der Waals surface area contributed by atoms with E-state index in [-0.39, 0.29) is 17.8 Å². The van der Waals surface area contributed by atoms with Gasteiger partial charge in [0.05, 0.1) is 0 Å². The van der Waals surface area contributed by atoms with Crippen molar-refractivity contribution in [2.45, 2.75) is 0 Å². The Morgan fingerprint density at radius 2 is 1.88 bits per heavy atom. The molecule has 1 aromatic rings. The summed E-state index contributed by atoms with van der Waals surface area (Å²) >= 11 is 0. The SMILES string of the molecule is N#CC(C#N)=Cc1ccc2c(c1)OCO2.O. The first-order chi connectivity index (χ1) is 7.33. The average molecular weight is 216 g/mol. The first kappa shape index (κ1) is 11.6. The maximum absolute atomic E-state index is 8.58. The van der Waals surface area contributed by atoms with Crippen molar-refractivity contribution in [2.24, 2.45) is 0 Å². The van der Waals surface area contributed by atoms with E-state index < -0.39 is 0 Å². The van der Waals surface area contributed by atoms with Crippen LogP contribution in [-0.2, 0) is 0 Å². The minimum Gasteiger partial charge on any atom is -0.454 e. The van der Waals surface area contributed by atoms with E-state index in [0.29, 0.717) is 11.5 Å². The zero-order valence-corrected chi connectivity index (χ0v) is 8.23. The van der Waals surface area contributed by atoms with Crippen molar-refractivity contribution in [1.29, 1.82) is 10.5 Å². The second-order valence-corrected chi connectivity index (χ2v) is 2.89. The van der Waals surface area contributed by atoms with Crippen LogP contribution in [0.3, 0.4) is 0 Å². The molecule has 0 radical (unpaired) electrons. The van der Waals surface area contributed by atoms with Gasteiger partial charge in [0.1, 0.15) is 17.7 Å². The van der Waals surface area contributed by atoms with E-state index in [9.17, 15) is 0 Å². The van der Waals surface area contributed by atoms with Crippen LogP contribution >= 0.6 is 0 Å². The fourth-order valence-electron chi connectivity index (χ4n) is 1.26. The minimum atomic E-state index is 0. The van der Waals surface area contributed by atoms with Gasteiger partial charge in [0.2, 0.25) is 6.79 Å². The van der Waals surface area contributed by atoms with E-state index in [1.54, 1.807) is 30.3 Å². The van der Waals surface area contributed by atoms with Crippen LogP contribution in [0.5, 0.6) is 11.5 Å². The summed E-state index contributed by atoms with van der Waals surface area (Å²) in [4.78, 5) is 0.